The minimum absolute atomic E-state index is 0.0594. The predicted octanol–water partition coefficient (Wildman–Crippen LogP) is 4.26. The number of aromatic hydroxyl groups is 1. The van der Waals surface area contributed by atoms with Gasteiger partial charge < -0.3 is 5.11 Å². The second-order valence-electron chi connectivity index (χ2n) is 3.85. The van der Waals surface area contributed by atoms with Crippen LogP contribution in [0.4, 0.5) is 5.69 Å². The molecule has 2 aromatic rings. The average molecular weight is 397 g/mol. The van der Waals surface area contributed by atoms with Gasteiger partial charge in [0.2, 0.25) is 0 Å². The summed E-state index contributed by atoms with van der Waals surface area (Å²) in [5, 5.41) is 10.2. The minimum Gasteiger partial charge on any atom is -0.505 e. The van der Waals surface area contributed by atoms with Crippen molar-refractivity contribution < 1.29 is 13.5 Å². The molecule has 2 aromatic carbocycles. The third-order valence-corrected chi connectivity index (χ3v) is 4.77. The maximum atomic E-state index is 12.2. The van der Waals surface area contributed by atoms with Crippen LogP contribution in [0, 0.1) is 0 Å². The molecule has 0 saturated carbocycles. The molecular formula is C12H8BrCl2NO3S. The van der Waals surface area contributed by atoms with E-state index in [1.54, 1.807) is 12.1 Å². The van der Waals surface area contributed by atoms with Crippen molar-refractivity contribution in [1.82, 2.24) is 0 Å². The first kappa shape index (κ1) is 15.4. The Kier molecular flexibility index (Phi) is 4.49. The van der Waals surface area contributed by atoms with Gasteiger partial charge in [-0.15, -0.1) is 0 Å². The Labute approximate surface area is 134 Å². The zero-order valence-corrected chi connectivity index (χ0v) is 13.7. The molecule has 20 heavy (non-hydrogen) atoms. The lowest BCUT2D eigenvalue weighted by Crippen LogP contribution is -2.13. The van der Waals surface area contributed by atoms with Gasteiger partial charge in [-0.05, 0) is 36.4 Å². The molecule has 0 heterocycles. The van der Waals surface area contributed by atoms with Crippen LogP contribution in [0.1, 0.15) is 0 Å². The number of sulfonamides is 1. The van der Waals surface area contributed by atoms with Gasteiger partial charge >= 0.3 is 0 Å². The first-order valence-electron chi connectivity index (χ1n) is 5.26. The van der Waals surface area contributed by atoms with E-state index in [0.717, 1.165) is 0 Å². The highest BCUT2D eigenvalue weighted by atomic mass is 79.9. The summed E-state index contributed by atoms with van der Waals surface area (Å²) in [6.07, 6.45) is 0. The molecule has 4 nitrogen and oxygen atoms in total. The van der Waals surface area contributed by atoms with Crippen LogP contribution < -0.4 is 4.72 Å². The van der Waals surface area contributed by atoms with E-state index in [1.165, 1.54) is 24.3 Å². The monoisotopic (exact) mass is 395 g/mol. The summed E-state index contributed by atoms with van der Waals surface area (Å²) in [7, 11) is -3.96. The SMILES string of the molecule is O=S(=O)(Nc1ccc(Cl)cc1)c1cc(Br)cc(Cl)c1O. The normalized spacial score (nSPS) is 11.3. The van der Waals surface area contributed by atoms with Crippen molar-refractivity contribution in [1.29, 1.82) is 0 Å². The largest absolute Gasteiger partial charge is 0.505 e. The van der Waals surface area contributed by atoms with E-state index in [-0.39, 0.29) is 9.92 Å². The van der Waals surface area contributed by atoms with Crippen molar-refractivity contribution in [2.24, 2.45) is 0 Å². The number of hydrogen-bond donors (Lipinski definition) is 2. The van der Waals surface area contributed by atoms with E-state index >= 15 is 0 Å². The van der Waals surface area contributed by atoms with Gasteiger partial charge in [0.05, 0.1) is 5.02 Å². The second kappa shape index (κ2) is 5.81. The molecule has 0 atom stereocenters. The summed E-state index contributed by atoms with van der Waals surface area (Å²) >= 11 is 14.6. The summed E-state index contributed by atoms with van der Waals surface area (Å²) in [6.45, 7) is 0. The van der Waals surface area contributed by atoms with E-state index in [9.17, 15) is 13.5 Å². The van der Waals surface area contributed by atoms with Crippen LogP contribution in [-0.4, -0.2) is 13.5 Å². The highest BCUT2D eigenvalue weighted by molar-refractivity contribution is 9.10. The number of phenols is 1. The summed E-state index contributed by atoms with van der Waals surface area (Å²) in [5.74, 6) is -0.503. The summed E-state index contributed by atoms with van der Waals surface area (Å²) in [6, 6.07) is 8.78. The van der Waals surface area contributed by atoms with Crippen LogP contribution in [-0.2, 0) is 10.0 Å². The molecule has 0 aliphatic heterocycles. The molecule has 2 N–H and O–H groups in total. The van der Waals surface area contributed by atoms with Gasteiger partial charge in [-0.25, -0.2) is 8.42 Å². The van der Waals surface area contributed by atoms with Crippen LogP contribution in [0.2, 0.25) is 10.0 Å². The quantitative estimate of drug-likeness (QED) is 0.814. The fourth-order valence-corrected chi connectivity index (χ4v) is 3.82. The first-order chi connectivity index (χ1) is 9.29. The van der Waals surface area contributed by atoms with Gasteiger partial charge in [-0.1, -0.05) is 39.1 Å². The average Bonchev–Trinajstić information content (AvgIpc) is 2.36. The van der Waals surface area contributed by atoms with Crippen molar-refractivity contribution in [3.05, 3.63) is 50.9 Å². The number of anilines is 1. The minimum atomic E-state index is -3.96. The van der Waals surface area contributed by atoms with Crippen molar-refractivity contribution in [3.8, 4) is 5.75 Å². The zero-order chi connectivity index (χ0) is 14.9. The zero-order valence-electron chi connectivity index (χ0n) is 9.77. The fraction of sp³-hybridized carbons (Fsp3) is 0. The van der Waals surface area contributed by atoms with E-state index in [4.69, 9.17) is 23.2 Å². The molecule has 0 aliphatic rings. The van der Waals surface area contributed by atoms with Crippen LogP contribution in [0.3, 0.4) is 0 Å². The molecule has 8 heteroatoms. The Morgan fingerprint density at radius 2 is 1.70 bits per heavy atom. The molecule has 0 saturated heterocycles. The highest BCUT2D eigenvalue weighted by Crippen LogP contribution is 2.35. The Balaban J connectivity index is 2.43. The maximum absolute atomic E-state index is 12.2. The van der Waals surface area contributed by atoms with Crippen LogP contribution in [0.5, 0.6) is 5.75 Å². The molecule has 0 unspecified atom stereocenters. The van der Waals surface area contributed by atoms with Crippen molar-refractivity contribution in [2.75, 3.05) is 4.72 Å². The first-order valence-corrected chi connectivity index (χ1v) is 8.29. The van der Waals surface area contributed by atoms with E-state index in [1.807, 2.05) is 0 Å². The molecule has 0 spiro atoms. The lowest BCUT2D eigenvalue weighted by atomic mass is 10.3. The van der Waals surface area contributed by atoms with E-state index in [0.29, 0.717) is 15.2 Å². The number of benzene rings is 2. The van der Waals surface area contributed by atoms with Crippen molar-refractivity contribution >= 4 is 54.8 Å². The Hall–Kier alpha value is -0.950. The second-order valence-corrected chi connectivity index (χ2v) is 7.26. The molecule has 0 radical (unpaired) electrons. The number of halogens is 3. The number of hydrogen-bond acceptors (Lipinski definition) is 3. The van der Waals surface area contributed by atoms with Crippen LogP contribution in [0.15, 0.2) is 45.8 Å². The lowest BCUT2D eigenvalue weighted by molar-refractivity contribution is 0.459. The highest BCUT2D eigenvalue weighted by Gasteiger charge is 2.21. The smallest absolute Gasteiger partial charge is 0.265 e. The number of rotatable bonds is 3. The van der Waals surface area contributed by atoms with Crippen molar-refractivity contribution in [2.45, 2.75) is 4.90 Å². The Morgan fingerprint density at radius 3 is 2.30 bits per heavy atom. The van der Waals surface area contributed by atoms with Gasteiger partial charge in [0.1, 0.15) is 4.90 Å². The summed E-state index contributed by atoms with van der Waals surface area (Å²) < 4.78 is 27.2. The fourth-order valence-electron chi connectivity index (χ4n) is 1.48. The van der Waals surface area contributed by atoms with Gasteiger partial charge in [-0.2, -0.15) is 0 Å². The van der Waals surface area contributed by atoms with E-state index in [2.05, 4.69) is 20.7 Å². The predicted molar refractivity (Wildman–Crippen MR) is 83.1 cm³/mol. The molecule has 0 aliphatic carbocycles. The van der Waals surface area contributed by atoms with Gasteiger partial charge in [0.15, 0.2) is 5.75 Å². The third-order valence-electron chi connectivity index (χ3n) is 2.38. The van der Waals surface area contributed by atoms with Crippen LogP contribution in [0.25, 0.3) is 0 Å². The molecule has 2 rings (SSSR count). The number of nitrogens with one attached hydrogen (secondary N) is 1. The van der Waals surface area contributed by atoms with Crippen molar-refractivity contribution in [3.63, 3.8) is 0 Å². The Bertz CT molecular complexity index is 748. The van der Waals surface area contributed by atoms with Gasteiger partial charge in [-0.3, -0.25) is 4.72 Å². The molecule has 106 valence electrons. The maximum Gasteiger partial charge on any atom is 0.265 e. The Morgan fingerprint density at radius 1 is 1.10 bits per heavy atom. The van der Waals surface area contributed by atoms with Gasteiger partial charge in [0, 0.05) is 15.2 Å². The van der Waals surface area contributed by atoms with Crippen LogP contribution >= 0.6 is 39.1 Å². The van der Waals surface area contributed by atoms with Gasteiger partial charge in [0.25, 0.3) is 10.0 Å². The summed E-state index contributed by atoms with van der Waals surface area (Å²) in [5.41, 5.74) is 0.324. The molecule has 0 fully saturated rings. The topological polar surface area (TPSA) is 66.4 Å². The third kappa shape index (κ3) is 3.38. The molecule has 0 amide bonds. The lowest BCUT2D eigenvalue weighted by Gasteiger charge is -2.11. The van der Waals surface area contributed by atoms with E-state index < -0.39 is 15.8 Å². The standard InChI is InChI=1S/C12H8BrCl2NO3S/c13-7-5-10(15)12(17)11(6-7)20(18,19)16-9-3-1-8(14)2-4-9/h1-6,16-17H. The molecule has 0 bridgehead atoms. The molecule has 0 aromatic heterocycles. The summed E-state index contributed by atoms with van der Waals surface area (Å²) in [4.78, 5) is -0.313. The number of phenolic OH excluding ortho intramolecular Hbond substituents is 1. The molecular weight excluding hydrogens is 389 g/mol.